The molecule has 0 aliphatic heterocycles. The fourth-order valence-corrected chi connectivity index (χ4v) is 1.03. The highest BCUT2D eigenvalue weighted by molar-refractivity contribution is 6.36. The minimum absolute atomic E-state index is 0.496. The van der Waals surface area contributed by atoms with E-state index in [1.807, 2.05) is 0 Å². The summed E-state index contributed by atoms with van der Waals surface area (Å²) in [4.78, 5) is 0. The van der Waals surface area contributed by atoms with E-state index in [0.717, 1.165) is 0 Å². The largest absolute Gasteiger partial charge is 0.577 e. The minimum atomic E-state index is -1.47. The molecule has 4 nitrogen and oxygen atoms in total. The van der Waals surface area contributed by atoms with Crippen molar-refractivity contribution < 1.29 is 13.3 Å². The van der Waals surface area contributed by atoms with E-state index in [1.165, 1.54) is 0 Å². The third-order valence-electron chi connectivity index (χ3n) is 0.671. The average molecular weight is 150 g/mol. The Labute approximate surface area is 56.9 Å². The van der Waals surface area contributed by atoms with Crippen LogP contribution in [-0.4, -0.2) is 36.9 Å². The van der Waals surface area contributed by atoms with Gasteiger partial charge >= 0.3 is 9.53 Å². The van der Waals surface area contributed by atoms with E-state index in [9.17, 15) is 0 Å². The molecule has 0 unspecified atom stereocenters. The fraction of sp³-hybridized carbons (Fsp3) is 1.00. The molecule has 0 aromatic rings. The van der Waals surface area contributed by atoms with E-state index in [0.29, 0.717) is 13.2 Å². The van der Waals surface area contributed by atoms with E-state index in [1.54, 1.807) is 14.2 Å². The Morgan fingerprint density at radius 2 is 1.89 bits per heavy atom. The molecule has 0 fully saturated rings. The molecule has 0 aromatic carbocycles. The third kappa shape index (κ3) is 4.55. The van der Waals surface area contributed by atoms with Gasteiger partial charge in [-0.25, -0.2) is 0 Å². The zero-order chi connectivity index (χ0) is 7.11. The second-order valence-corrected chi connectivity index (χ2v) is 2.90. The van der Waals surface area contributed by atoms with Crippen LogP contribution in [0.15, 0.2) is 0 Å². The van der Waals surface area contributed by atoms with Crippen LogP contribution in [0.4, 0.5) is 0 Å². The molecule has 0 aliphatic rings. The number of hydrogen-bond acceptors (Lipinski definition) is 4. The van der Waals surface area contributed by atoms with Crippen molar-refractivity contribution in [2.75, 3.05) is 27.4 Å². The summed E-state index contributed by atoms with van der Waals surface area (Å²) in [6.45, 7) is 0.997. The highest BCUT2D eigenvalue weighted by Crippen LogP contribution is 1.85. The van der Waals surface area contributed by atoms with E-state index in [4.69, 9.17) is 19.0 Å². The quantitative estimate of drug-likeness (QED) is 0.523. The summed E-state index contributed by atoms with van der Waals surface area (Å²) in [5.41, 5.74) is 5.17. The van der Waals surface area contributed by atoms with Crippen molar-refractivity contribution in [1.82, 2.24) is 0 Å². The van der Waals surface area contributed by atoms with Gasteiger partial charge in [-0.3, -0.25) is 0 Å². The van der Waals surface area contributed by atoms with E-state index >= 15 is 0 Å². The monoisotopic (exact) mass is 150 g/mol. The summed E-state index contributed by atoms with van der Waals surface area (Å²) in [5, 5.41) is 0. The molecule has 0 spiro atoms. The number of rotatable bonds is 5. The van der Waals surface area contributed by atoms with Gasteiger partial charge in [-0.15, -0.1) is 0 Å². The molecular weight excluding hydrogens is 138 g/mol. The first kappa shape index (κ1) is 9.06. The summed E-state index contributed by atoms with van der Waals surface area (Å²) in [7, 11) is 1.63. The zero-order valence-electron chi connectivity index (χ0n) is 5.72. The van der Waals surface area contributed by atoms with Crippen molar-refractivity contribution in [2.45, 2.75) is 0 Å². The molecule has 0 saturated carbocycles. The van der Waals surface area contributed by atoms with Gasteiger partial charge in [0.2, 0.25) is 0 Å². The van der Waals surface area contributed by atoms with E-state index in [-0.39, 0.29) is 0 Å². The molecule has 5 heteroatoms. The van der Waals surface area contributed by atoms with Gasteiger partial charge in [0, 0.05) is 20.8 Å². The van der Waals surface area contributed by atoms with Gasteiger partial charge in [-0.05, 0) is 0 Å². The number of nitrogens with two attached hydrogens (primary N) is 1. The van der Waals surface area contributed by atoms with Crippen LogP contribution in [0, 0.1) is 0 Å². The molecule has 1 radical (unpaired) electrons. The molecule has 0 amide bonds. The molecule has 0 atom stereocenters. The van der Waals surface area contributed by atoms with Crippen molar-refractivity contribution in [1.29, 1.82) is 0 Å². The molecular formula is C4H12NO3Si. The Bertz CT molecular complexity index is 59.8. The lowest BCUT2D eigenvalue weighted by Crippen LogP contribution is -2.26. The Morgan fingerprint density at radius 3 is 2.22 bits per heavy atom. The average Bonchev–Trinajstić information content (AvgIpc) is 1.91. The van der Waals surface area contributed by atoms with Crippen LogP contribution in [0.2, 0.25) is 0 Å². The summed E-state index contributed by atoms with van der Waals surface area (Å²) in [6.07, 6.45) is 0. The standard InChI is InChI=1S/C4H12NO3Si/c1-6-9(7-2)8-4-3-5/h3-5H2,1-2H3. The van der Waals surface area contributed by atoms with Crippen molar-refractivity contribution in [3.8, 4) is 0 Å². The maximum absolute atomic E-state index is 5.17. The molecule has 55 valence electrons. The minimum Gasteiger partial charge on any atom is -0.375 e. The van der Waals surface area contributed by atoms with Crippen LogP contribution < -0.4 is 5.73 Å². The van der Waals surface area contributed by atoms with Crippen molar-refractivity contribution in [3.05, 3.63) is 0 Å². The van der Waals surface area contributed by atoms with Gasteiger partial charge < -0.3 is 19.0 Å². The van der Waals surface area contributed by atoms with Crippen molar-refractivity contribution in [2.24, 2.45) is 5.73 Å². The Balaban J connectivity index is 3.09. The Hall–Kier alpha value is 0.0569. The van der Waals surface area contributed by atoms with Gasteiger partial charge in [-0.1, -0.05) is 0 Å². The summed E-state index contributed by atoms with van der Waals surface area (Å²) in [6, 6.07) is 0. The van der Waals surface area contributed by atoms with E-state index < -0.39 is 9.53 Å². The van der Waals surface area contributed by atoms with E-state index in [2.05, 4.69) is 0 Å². The second kappa shape index (κ2) is 6.18. The van der Waals surface area contributed by atoms with Gasteiger partial charge in [0.25, 0.3) is 0 Å². The first-order valence-corrected chi connectivity index (χ1v) is 3.85. The highest BCUT2D eigenvalue weighted by Gasteiger charge is 2.12. The Kier molecular flexibility index (Phi) is 6.22. The molecule has 2 N–H and O–H groups in total. The van der Waals surface area contributed by atoms with Crippen LogP contribution in [0.3, 0.4) is 0 Å². The van der Waals surface area contributed by atoms with Crippen LogP contribution in [0.5, 0.6) is 0 Å². The first-order valence-electron chi connectivity index (χ1n) is 2.63. The number of hydrogen-bond donors (Lipinski definition) is 1. The van der Waals surface area contributed by atoms with Crippen LogP contribution in [0.25, 0.3) is 0 Å². The molecule has 0 rings (SSSR count). The predicted octanol–water partition coefficient (Wildman–Crippen LogP) is -0.761. The van der Waals surface area contributed by atoms with Crippen LogP contribution in [-0.2, 0) is 13.3 Å². The lowest BCUT2D eigenvalue weighted by molar-refractivity contribution is 0.139. The highest BCUT2D eigenvalue weighted by atomic mass is 28.3. The Morgan fingerprint density at radius 1 is 1.33 bits per heavy atom. The van der Waals surface area contributed by atoms with Gasteiger partial charge in [0.05, 0.1) is 6.61 Å². The third-order valence-corrected chi connectivity index (χ3v) is 1.78. The van der Waals surface area contributed by atoms with Crippen LogP contribution in [0.1, 0.15) is 0 Å². The summed E-state index contributed by atoms with van der Waals surface area (Å²) < 4.78 is 14.6. The summed E-state index contributed by atoms with van der Waals surface area (Å²) >= 11 is 0. The zero-order valence-corrected chi connectivity index (χ0v) is 6.72. The molecule has 0 saturated heterocycles. The SMILES string of the molecule is CO[Si](OC)OCCN. The predicted molar refractivity (Wildman–Crippen MR) is 34.8 cm³/mol. The fourth-order valence-electron chi connectivity index (χ4n) is 0.343. The maximum Gasteiger partial charge on any atom is 0.577 e. The maximum atomic E-state index is 5.17. The normalized spacial score (nSPS) is 10.7. The lowest BCUT2D eigenvalue weighted by atomic mass is 10.8. The summed E-state index contributed by atoms with van der Waals surface area (Å²) in [5.74, 6) is 0. The molecule has 0 aliphatic carbocycles. The van der Waals surface area contributed by atoms with Crippen molar-refractivity contribution in [3.63, 3.8) is 0 Å². The molecule has 9 heavy (non-hydrogen) atoms. The van der Waals surface area contributed by atoms with Gasteiger partial charge in [0.1, 0.15) is 0 Å². The second-order valence-electron chi connectivity index (χ2n) is 1.30. The van der Waals surface area contributed by atoms with Crippen LogP contribution >= 0.6 is 0 Å². The van der Waals surface area contributed by atoms with Gasteiger partial charge in [-0.2, -0.15) is 0 Å². The lowest BCUT2D eigenvalue weighted by Gasteiger charge is -2.06. The first-order chi connectivity index (χ1) is 4.35. The smallest absolute Gasteiger partial charge is 0.375 e. The molecule has 0 aromatic heterocycles. The van der Waals surface area contributed by atoms with Gasteiger partial charge in [0.15, 0.2) is 0 Å². The van der Waals surface area contributed by atoms with Crippen molar-refractivity contribution >= 4 is 9.53 Å². The molecule has 0 heterocycles. The topological polar surface area (TPSA) is 53.7 Å². The molecule has 0 bridgehead atoms.